The van der Waals surface area contributed by atoms with Gasteiger partial charge in [-0.25, -0.2) is 4.79 Å². The Kier molecular flexibility index (Phi) is 5.84. The fourth-order valence-corrected chi connectivity index (χ4v) is 3.96. The molecule has 1 unspecified atom stereocenters. The van der Waals surface area contributed by atoms with Crippen LogP contribution >= 0.6 is 0 Å². The van der Waals surface area contributed by atoms with Crippen LogP contribution in [0, 0.1) is 17.8 Å². The number of aliphatic hydroxyl groups is 4. The Balaban J connectivity index is 1.82. The molecule has 2 heterocycles. The van der Waals surface area contributed by atoms with Crippen molar-refractivity contribution in [1.29, 1.82) is 0 Å². The number of aliphatic hydroxyl groups excluding tert-OH is 4. The fraction of sp³-hybridized carbons (Fsp3) is 0.765. The molecule has 2 aliphatic heterocycles. The Hall–Kier alpha value is -1.56. The lowest BCUT2D eigenvalue weighted by molar-refractivity contribution is -0.342. The molecule has 3 aliphatic rings. The third-order valence-electron chi connectivity index (χ3n) is 5.43. The van der Waals surface area contributed by atoms with Gasteiger partial charge in [-0.05, 0) is 5.92 Å². The van der Waals surface area contributed by atoms with Crippen LogP contribution < -0.4 is 0 Å². The molecule has 0 aromatic carbocycles. The van der Waals surface area contributed by atoms with Crippen molar-refractivity contribution in [3.8, 4) is 0 Å². The molecule has 0 spiro atoms. The van der Waals surface area contributed by atoms with E-state index < -0.39 is 61.4 Å². The predicted molar refractivity (Wildman–Crippen MR) is 85.6 cm³/mol. The van der Waals surface area contributed by atoms with Crippen LogP contribution in [0.2, 0.25) is 0 Å². The largest absolute Gasteiger partial charge is 0.472 e. The van der Waals surface area contributed by atoms with E-state index >= 15 is 0 Å². The molecule has 1 saturated carbocycles. The van der Waals surface area contributed by atoms with Crippen LogP contribution in [0.15, 0.2) is 11.8 Å². The second kappa shape index (κ2) is 7.82. The summed E-state index contributed by atoms with van der Waals surface area (Å²) < 4.78 is 21.2. The summed E-state index contributed by atoms with van der Waals surface area (Å²) >= 11 is 0. The van der Waals surface area contributed by atoms with Crippen LogP contribution in [0.25, 0.3) is 0 Å². The van der Waals surface area contributed by atoms with Gasteiger partial charge in [-0.1, -0.05) is 6.92 Å². The zero-order chi connectivity index (χ0) is 19.9. The van der Waals surface area contributed by atoms with Crippen molar-refractivity contribution in [2.75, 3.05) is 13.7 Å². The van der Waals surface area contributed by atoms with Gasteiger partial charge in [-0.15, -0.1) is 0 Å². The molecule has 0 aromatic rings. The number of carbonyl (C=O) groups excluding carboxylic acids is 2. The SMILES string of the molecule is COC(=O)C1=CO[C@@H](O[C@@H]2O[C@H](CO)[C@@H](O)[C@H](O)[C@H]2O)C2[C@@H]1C(=O)C[C@@H]2C. The van der Waals surface area contributed by atoms with Crippen LogP contribution in [-0.4, -0.2) is 82.9 Å². The zero-order valence-corrected chi connectivity index (χ0v) is 14.9. The Morgan fingerprint density at radius 2 is 1.93 bits per heavy atom. The van der Waals surface area contributed by atoms with E-state index in [0.717, 1.165) is 6.26 Å². The minimum atomic E-state index is -1.59. The van der Waals surface area contributed by atoms with Gasteiger partial charge < -0.3 is 39.4 Å². The lowest BCUT2D eigenvalue weighted by Gasteiger charge is -2.42. The van der Waals surface area contributed by atoms with Crippen LogP contribution in [0.4, 0.5) is 0 Å². The maximum absolute atomic E-state index is 12.4. The van der Waals surface area contributed by atoms with Gasteiger partial charge in [-0.2, -0.15) is 0 Å². The van der Waals surface area contributed by atoms with Crippen molar-refractivity contribution < 1.29 is 49.0 Å². The molecule has 9 atom stereocenters. The molecular formula is C17H24O10. The van der Waals surface area contributed by atoms with Crippen molar-refractivity contribution in [2.24, 2.45) is 17.8 Å². The summed E-state index contributed by atoms with van der Waals surface area (Å²) in [5.74, 6) is -2.28. The highest BCUT2D eigenvalue weighted by molar-refractivity contribution is 5.99. The molecular weight excluding hydrogens is 364 g/mol. The van der Waals surface area contributed by atoms with E-state index in [0.29, 0.717) is 0 Å². The summed E-state index contributed by atoms with van der Waals surface area (Å²) in [6, 6.07) is 0. The zero-order valence-electron chi connectivity index (χ0n) is 14.9. The van der Waals surface area contributed by atoms with Gasteiger partial charge in [0.25, 0.3) is 0 Å². The van der Waals surface area contributed by atoms with Gasteiger partial charge in [0.1, 0.15) is 30.2 Å². The van der Waals surface area contributed by atoms with E-state index in [1.165, 1.54) is 7.11 Å². The quantitative estimate of drug-likeness (QED) is 0.400. The highest BCUT2D eigenvalue weighted by Crippen LogP contribution is 2.45. The minimum Gasteiger partial charge on any atom is -0.472 e. The summed E-state index contributed by atoms with van der Waals surface area (Å²) in [7, 11) is 1.21. The third-order valence-corrected chi connectivity index (χ3v) is 5.43. The van der Waals surface area contributed by atoms with Gasteiger partial charge in [0.2, 0.25) is 6.29 Å². The first-order valence-electron chi connectivity index (χ1n) is 8.72. The van der Waals surface area contributed by atoms with E-state index in [2.05, 4.69) is 0 Å². The molecule has 2 fully saturated rings. The molecule has 10 heteroatoms. The number of rotatable bonds is 4. The minimum absolute atomic E-state index is 0.102. The first kappa shape index (κ1) is 20.2. The van der Waals surface area contributed by atoms with Crippen molar-refractivity contribution >= 4 is 11.8 Å². The van der Waals surface area contributed by atoms with E-state index in [9.17, 15) is 30.0 Å². The number of hydrogen-bond acceptors (Lipinski definition) is 10. The summed E-state index contributed by atoms with van der Waals surface area (Å²) in [6.45, 7) is 1.22. The van der Waals surface area contributed by atoms with Gasteiger partial charge in [0, 0.05) is 12.3 Å². The Bertz CT molecular complexity index is 617. The Morgan fingerprint density at radius 3 is 2.56 bits per heavy atom. The van der Waals surface area contributed by atoms with E-state index in [-0.39, 0.29) is 23.7 Å². The normalized spacial score (nSPS) is 44.3. The average molecular weight is 388 g/mol. The number of methoxy groups -OCH3 is 1. The van der Waals surface area contributed by atoms with Crippen LogP contribution in [0.1, 0.15) is 13.3 Å². The molecule has 1 saturated heterocycles. The molecule has 152 valence electrons. The van der Waals surface area contributed by atoms with Crippen molar-refractivity contribution in [3.05, 3.63) is 11.8 Å². The van der Waals surface area contributed by atoms with Crippen molar-refractivity contribution in [3.63, 3.8) is 0 Å². The standard InChI is InChI=1S/C17H24O10/c1-6-3-8(19)11-7(15(23)24-2)5-25-16(10(6)11)27-17-14(22)13(21)12(20)9(4-18)26-17/h5-6,9-14,16-18,20-22H,3-4H2,1-2H3/t6-,9+,10?,11-,12+,13-,14+,16-,17-/m0/s1. The van der Waals surface area contributed by atoms with Crippen molar-refractivity contribution in [1.82, 2.24) is 0 Å². The number of carbonyl (C=O) groups is 2. The van der Waals surface area contributed by atoms with E-state index in [1.807, 2.05) is 6.92 Å². The van der Waals surface area contributed by atoms with Crippen LogP contribution in [-0.2, 0) is 28.5 Å². The van der Waals surface area contributed by atoms with E-state index in [4.69, 9.17) is 18.9 Å². The lowest BCUT2D eigenvalue weighted by Crippen LogP contribution is -2.60. The number of Topliss-reactive ketones (excluding diaryl/α,β-unsaturated/α-hetero) is 1. The maximum Gasteiger partial charge on any atom is 0.337 e. The smallest absolute Gasteiger partial charge is 0.337 e. The summed E-state index contributed by atoms with van der Waals surface area (Å²) in [6.07, 6.45) is -6.93. The second-order valence-electron chi connectivity index (χ2n) is 7.11. The molecule has 0 amide bonds. The third kappa shape index (κ3) is 3.48. The first-order valence-corrected chi connectivity index (χ1v) is 8.72. The summed E-state index contributed by atoms with van der Waals surface area (Å²) in [5.41, 5.74) is 0.102. The lowest BCUT2D eigenvalue weighted by atomic mass is 9.83. The van der Waals surface area contributed by atoms with Crippen LogP contribution in [0.5, 0.6) is 0 Å². The molecule has 0 bridgehead atoms. The monoisotopic (exact) mass is 388 g/mol. The Labute approximate surface area is 155 Å². The Morgan fingerprint density at radius 1 is 1.22 bits per heavy atom. The highest BCUT2D eigenvalue weighted by Gasteiger charge is 2.54. The number of ether oxygens (including phenoxy) is 4. The first-order chi connectivity index (χ1) is 12.8. The van der Waals surface area contributed by atoms with Crippen molar-refractivity contribution in [2.45, 2.75) is 50.3 Å². The molecule has 27 heavy (non-hydrogen) atoms. The molecule has 3 rings (SSSR count). The summed E-state index contributed by atoms with van der Waals surface area (Å²) in [5, 5.41) is 39.1. The van der Waals surface area contributed by atoms with Gasteiger partial charge >= 0.3 is 5.97 Å². The molecule has 10 nitrogen and oxygen atoms in total. The number of ketones is 1. The number of esters is 1. The van der Waals surface area contributed by atoms with Gasteiger partial charge in [-0.3, -0.25) is 4.79 Å². The molecule has 0 aromatic heterocycles. The average Bonchev–Trinajstić information content (AvgIpc) is 2.96. The number of fused-ring (bicyclic) bond motifs is 1. The van der Waals surface area contributed by atoms with E-state index in [1.54, 1.807) is 0 Å². The van der Waals surface area contributed by atoms with Crippen LogP contribution in [0.3, 0.4) is 0 Å². The summed E-state index contributed by atoms with van der Waals surface area (Å²) in [4.78, 5) is 24.4. The van der Waals surface area contributed by atoms with Gasteiger partial charge in [0.15, 0.2) is 6.29 Å². The predicted octanol–water partition coefficient (Wildman–Crippen LogP) is -1.94. The number of hydrogen-bond donors (Lipinski definition) is 4. The second-order valence-corrected chi connectivity index (χ2v) is 7.11. The molecule has 0 radical (unpaired) electrons. The fourth-order valence-electron chi connectivity index (χ4n) is 3.96. The molecule has 1 aliphatic carbocycles. The maximum atomic E-state index is 12.4. The molecule has 4 N–H and O–H groups in total. The highest BCUT2D eigenvalue weighted by atomic mass is 16.8. The topological polar surface area (TPSA) is 152 Å². The van der Waals surface area contributed by atoms with Gasteiger partial charge in [0.05, 0.1) is 31.5 Å².